The maximum atomic E-state index is 13.3. The van der Waals surface area contributed by atoms with Crippen LogP contribution < -0.4 is 4.74 Å². The van der Waals surface area contributed by atoms with Crippen molar-refractivity contribution < 1.29 is 9.13 Å². The Bertz CT molecular complexity index is 532. The van der Waals surface area contributed by atoms with Crippen molar-refractivity contribution in [1.82, 2.24) is 0 Å². The van der Waals surface area contributed by atoms with Gasteiger partial charge in [0.2, 0.25) is 0 Å². The van der Waals surface area contributed by atoms with Crippen molar-refractivity contribution in [2.75, 3.05) is 5.33 Å². The molecule has 0 saturated heterocycles. The number of alkyl halides is 1. The molecule has 0 amide bonds. The van der Waals surface area contributed by atoms with E-state index in [-0.39, 0.29) is 11.9 Å². The Kier molecular flexibility index (Phi) is 3.10. The highest BCUT2D eigenvalue weighted by molar-refractivity contribution is 9.09. The zero-order valence-corrected chi connectivity index (χ0v) is 13.2. The van der Waals surface area contributed by atoms with E-state index in [4.69, 9.17) is 4.74 Å². The molecule has 0 spiro atoms. The van der Waals surface area contributed by atoms with Gasteiger partial charge in [-0.25, -0.2) is 4.39 Å². The second-order valence-electron chi connectivity index (χ2n) is 6.98. The van der Waals surface area contributed by atoms with E-state index in [1.54, 1.807) is 12.1 Å². The fourth-order valence-electron chi connectivity index (χ4n) is 4.88. The quantitative estimate of drug-likeness (QED) is 0.724. The zero-order valence-electron chi connectivity index (χ0n) is 11.6. The largest absolute Gasteiger partial charge is 0.490 e. The number of rotatable bonds is 3. The molecule has 4 atom stereocenters. The lowest BCUT2D eigenvalue weighted by atomic mass is 9.71. The van der Waals surface area contributed by atoms with Gasteiger partial charge >= 0.3 is 0 Å². The number of fused-ring (bicyclic) bond motifs is 3. The minimum Gasteiger partial charge on any atom is -0.490 e. The number of hydrogen-bond acceptors (Lipinski definition) is 1. The van der Waals surface area contributed by atoms with Crippen LogP contribution in [0.2, 0.25) is 0 Å². The minimum absolute atomic E-state index is 0.150. The van der Waals surface area contributed by atoms with Crippen LogP contribution in [0.15, 0.2) is 18.2 Å². The van der Waals surface area contributed by atoms with Crippen LogP contribution in [0.4, 0.5) is 4.39 Å². The maximum absolute atomic E-state index is 13.3. The van der Waals surface area contributed by atoms with Crippen LogP contribution in [-0.2, 0) is 6.42 Å². The lowest BCUT2D eigenvalue weighted by Crippen LogP contribution is -2.35. The summed E-state index contributed by atoms with van der Waals surface area (Å²) in [4.78, 5) is 0. The molecule has 3 aliphatic rings. The molecule has 2 fully saturated rings. The summed E-state index contributed by atoms with van der Waals surface area (Å²) in [5.74, 6) is 2.56. The molecular formula is C17H20BrFO. The molecule has 2 saturated carbocycles. The van der Waals surface area contributed by atoms with Crippen molar-refractivity contribution >= 4 is 15.9 Å². The number of hydrogen-bond donors (Lipinski definition) is 0. The Labute approximate surface area is 128 Å². The van der Waals surface area contributed by atoms with Crippen molar-refractivity contribution in [1.29, 1.82) is 0 Å². The monoisotopic (exact) mass is 338 g/mol. The van der Waals surface area contributed by atoms with Crippen LogP contribution in [0.3, 0.4) is 0 Å². The molecule has 1 aliphatic heterocycles. The maximum Gasteiger partial charge on any atom is 0.123 e. The minimum atomic E-state index is -0.150. The Morgan fingerprint density at radius 3 is 2.95 bits per heavy atom. The highest BCUT2D eigenvalue weighted by Crippen LogP contribution is 2.59. The van der Waals surface area contributed by atoms with Crippen molar-refractivity contribution in [3.63, 3.8) is 0 Å². The van der Waals surface area contributed by atoms with Crippen LogP contribution in [0, 0.1) is 23.1 Å². The van der Waals surface area contributed by atoms with Crippen molar-refractivity contribution in [2.24, 2.45) is 17.3 Å². The first kappa shape index (κ1) is 13.1. The predicted octanol–water partition coefficient (Wildman–Crippen LogP) is 4.72. The van der Waals surface area contributed by atoms with E-state index in [0.717, 1.165) is 41.3 Å². The zero-order chi connectivity index (χ0) is 13.7. The normalized spacial score (nSPS) is 38.0. The van der Waals surface area contributed by atoms with Gasteiger partial charge in [0.05, 0.1) is 0 Å². The molecular weight excluding hydrogens is 319 g/mol. The van der Waals surface area contributed by atoms with Crippen molar-refractivity contribution in [3.8, 4) is 5.75 Å². The first-order chi connectivity index (χ1) is 9.68. The smallest absolute Gasteiger partial charge is 0.123 e. The van der Waals surface area contributed by atoms with Gasteiger partial charge in [-0.2, -0.15) is 0 Å². The fraction of sp³-hybridized carbons (Fsp3) is 0.647. The van der Waals surface area contributed by atoms with Gasteiger partial charge in [0.15, 0.2) is 0 Å². The summed E-state index contributed by atoms with van der Waals surface area (Å²) in [5.41, 5.74) is 1.47. The lowest BCUT2D eigenvalue weighted by molar-refractivity contribution is 0.102. The van der Waals surface area contributed by atoms with Crippen molar-refractivity contribution in [3.05, 3.63) is 29.6 Å². The van der Waals surface area contributed by atoms with Gasteiger partial charge in [-0.15, -0.1) is 0 Å². The van der Waals surface area contributed by atoms with E-state index in [2.05, 4.69) is 15.9 Å². The van der Waals surface area contributed by atoms with Gasteiger partial charge in [0.25, 0.3) is 0 Å². The first-order valence-electron chi connectivity index (χ1n) is 7.69. The molecule has 0 radical (unpaired) electrons. The van der Waals surface area contributed by atoms with E-state index in [9.17, 15) is 4.39 Å². The summed E-state index contributed by atoms with van der Waals surface area (Å²) >= 11 is 3.77. The number of ether oxygens (including phenoxy) is 1. The molecule has 2 aliphatic carbocycles. The molecule has 2 bridgehead atoms. The summed E-state index contributed by atoms with van der Waals surface area (Å²) in [6.07, 6.45) is 7.83. The van der Waals surface area contributed by atoms with E-state index in [1.807, 2.05) is 0 Å². The second kappa shape index (κ2) is 4.72. The van der Waals surface area contributed by atoms with Gasteiger partial charge in [-0.05, 0) is 61.1 Å². The van der Waals surface area contributed by atoms with Crippen LogP contribution >= 0.6 is 15.9 Å². The molecule has 3 heteroatoms. The summed E-state index contributed by atoms with van der Waals surface area (Å²) in [6, 6.07) is 4.92. The molecule has 1 heterocycles. The molecule has 1 nitrogen and oxygen atoms in total. The van der Waals surface area contributed by atoms with Gasteiger partial charge in [0, 0.05) is 17.3 Å². The first-order valence-corrected chi connectivity index (χ1v) is 8.82. The number of halogens is 2. The van der Waals surface area contributed by atoms with E-state index >= 15 is 0 Å². The Hall–Kier alpha value is -0.570. The van der Waals surface area contributed by atoms with E-state index in [1.165, 1.54) is 31.7 Å². The molecule has 0 aromatic heterocycles. The van der Waals surface area contributed by atoms with Crippen LogP contribution in [0.1, 0.15) is 37.7 Å². The fourth-order valence-corrected chi connectivity index (χ4v) is 5.80. The second-order valence-corrected chi connectivity index (χ2v) is 7.54. The predicted molar refractivity (Wildman–Crippen MR) is 80.8 cm³/mol. The summed E-state index contributed by atoms with van der Waals surface area (Å²) in [5, 5.41) is 1.09. The highest BCUT2D eigenvalue weighted by Gasteiger charge is 2.51. The highest BCUT2D eigenvalue weighted by atomic mass is 79.9. The molecule has 4 rings (SSSR count). The molecule has 1 aromatic carbocycles. The average Bonchev–Trinajstić information content (AvgIpc) is 3.11. The molecule has 1 aromatic rings. The summed E-state index contributed by atoms with van der Waals surface area (Å²) in [7, 11) is 0. The Balaban J connectivity index is 1.51. The van der Waals surface area contributed by atoms with Gasteiger partial charge < -0.3 is 4.74 Å². The standard InChI is InChI=1S/C17H20BrFO/c18-10-17(8-11-1-2-13(17)5-11)9-15-7-12-6-14(19)3-4-16(12)20-15/h3-4,6,11,13,15H,1-2,5,7-10H2. The third-order valence-electron chi connectivity index (χ3n) is 5.77. The Morgan fingerprint density at radius 1 is 1.35 bits per heavy atom. The topological polar surface area (TPSA) is 9.23 Å². The summed E-state index contributed by atoms with van der Waals surface area (Å²) in [6.45, 7) is 0. The van der Waals surface area contributed by atoms with Gasteiger partial charge in [0.1, 0.15) is 17.7 Å². The van der Waals surface area contributed by atoms with Crippen LogP contribution in [-0.4, -0.2) is 11.4 Å². The summed E-state index contributed by atoms with van der Waals surface area (Å²) < 4.78 is 19.4. The number of benzene rings is 1. The van der Waals surface area contributed by atoms with E-state index < -0.39 is 0 Å². The molecule has 0 N–H and O–H groups in total. The van der Waals surface area contributed by atoms with Gasteiger partial charge in [-0.3, -0.25) is 0 Å². The van der Waals surface area contributed by atoms with Crippen molar-refractivity contribution in [2.45, 2.75) is 44.6 Å². The van der Waals surface area contributed by atoms with Crippen LogP contribution in [0.25, 0.3) is 0 Å². The Morgan fingerprint density at radius 2 is 2.25 bits per heavy atom. The SMILES string of the molecule is Fc1ccc2c(c1)CC(CC1(CBr)CC3CCC1C3)O2. The third kappa shape index (κ3) is 2.01. The van der Waals surface area contributed by atoms with Gasteiger partial charge in [-0.1, -0.05) is 22.4 Å². The molecule has 108 valence electrons. The molecule has 20 heavy (non-hydrogen) atoms. The molecule has 4 unspecified atom stereocenters. The van der Waals surface area contributed by atoms with E-state index in [0.29, 0.717) is 5.41 Å². The average molecular weight is 339 g/mol. The third-order valence-corrected chi connectivity index (χ3v) is 6.88. The lowest BCUT2D eigenvalue weighted by Gasteiger charge is -2.38. The van der Waals surface area contributed by atoms with Crippen LogP contribution in [0.5, 0.6) is 5.75 Å².